The van der Waals surface area contributed by atoms with E-state index in [-0.39, 0.29) is 11.5 Å². The van der Waals surface area contributed by atoms with Crippen LogP contribution >= 0.6 is 11.3 Å². The number of amides is 2. The van der Waals surface area contributed by atoms with Crippen molar-refractivity contribution in [2.75, 3.05) is 11.9 Å². The highest BCUT2D eigenvalue weighted by molar-refractivity contribution is 7.18. The summed E-state index contributed by atoms with van der Waals surface area (Å²) in [6, 6.07) is 13.0. The monoisotopic (exact) mass is 410 g/mol. The molecule has 0 spiro atoms. The Bertz CT molecular complexity index is 1070. The summed E-state index contributed by atoms with van der Waals surface area (Å²) >= 11 is 1.27. The molecule has 0 saturated carbocycles. The summed E-state index contributed by atoms with van der Waals surface area (Å²) in [4.78, 5) is 26.9. The normalized spacial score (nSPS) is 16.1. The van der Waals surface area contributed by atoms with E-state index in [1.165, 1.54) is 34.4 Å². The number of benzene rings is 2. The van der Waals surface area contributed by atoms with Crippen LogP contribution in [0.3, 0.4) is 0 Å². The number of carbonyl (C=O) groups excluding carboxylic acids is 2. The quantitative estimate of drug-likeness (QED) is 0.708. The zero-order chi connectivity index (χ0) is 20.4. The number of nitrogens with zero attached hydrogens (tertiary/aromatic N) is 3. The fourth-order valence-corrected chi connectivity index (χ4v) is 4.17. The van der Waals surface area contributed by atoms with Gasteiger partial charge in [-0.05, 0) is 38.0 Å². The molecule has 1 aliphatic rings. The Hall–Kier alpha value is -3.13. The van der Waals surface area contributed by atoms with Gasteiger partial charge in [-0.2, -0.15) is 0 Å². The molecule has 0 bridgehead atoms. The number of aromatic nitrogens is 2. The predicted octanol–water partition coefficient (Wildman–Crippen LogP) is 3.90. The Kier molecular flexibility index (Phi) is 5.35. The van der Waals surface area contributed by atoms with Crippen molar-refractivity contribution in [2.45, 2.75) is 25.8 Å². The van der Waals surface area contributed by atoms with Gasteiger partial charge in [-0.1, -0.05) is 47.2 Å². The molecule has 1 aliphatic heterocycles. The maximum Gasteiger partial charge on any atom is 0.257 e. The molecule has 2 heterocycles. The minimum Gasteiger partial charge on any atom is -0.327 e. The van der Waals surface area contributed by atoms with Crippen molar-refractivity contribution in [1.29, 1.82) is 0 Å². The average molecular weight is 410 g/mol. The lowest BCUT2D eigenvalue weighted by Crippen LogP contribution is -2.43. The van der Waals surface area contributed by atoms with Gasteiger partial charge in [-0.25, -0.2) is 4.39 Å². The summed E-state index contributed by atoms with van der Waals surface area (Å²) in [5.74, 6) is -1.40. The van der Waals surface area contributed by atoms with Crippen molar-refractivity contribution in [2.24, 2.45) is 0 Å². The highest BCUT2D eigenvalue weighted by atomic mass is 32.1. The van der Waals surface area contributed by atoms with E-state index in [1.807, 2.05) is 31.2 Å². The number of nitrogens with one attached hydrogen (secondary N) is 1. The lowest BCUT2D eigenvalue weighted by atomic mass is 10.1. The molecule has 0 aliphatic carbocycles. The van der Waals surface area contributed by atoms with Crippen LogP contribution in [-0.4, -0.2) is 39.5 Å². The third kappa shape index (κ3) is 4.02. The summed E-state index contributed by atoms with van der Waals surface area (Å²) in [5, 5.41) is 12.0. The second-order valence-electron chi connectivity index (χ2n) is 6.91. The number of likely N-dealkylation sites (tertiary alicyclic amines) is 1. The van der Waals surface area contributed by atoms with Crippen LogP contribution in [0.5, 0.6) is 0 Å². The van der Waals surface area contributed by atoms with Gasteiger partial charge >= 0.3 is 0 Å². The predicted molar refractivity (Wildman–Crippen MR) is 109 cm³/mol. The molecule has 1 N–H and O–H groups in total. The Labute approximate surface area is 171 Å². The van der Waals surface area contributed by atoms with Gasteiger partial charge in [-0.3, -0.25) is 14.9 Å². The number of carbonyl (C=O) groups is 2. The highest BCUT2D eigenvalue weighted by Gasteiger charge is 2.35. The van der Waals surface area contributed by atoms with Gasteiger partial charge in [0, 0.05) is 12.1 Å². The lowest BCUT2D eigenvalue weighted by Gasteiger charge is -2.23. The summed E-state index contributed by atoms with van der Waals surface area (Å²) in [5.41, 5.74) is 2.02. The fraction of sp³-hybridized carbons (Fsp3) is 0.238. The fourth-order valence-electron chi connectivity index (χ4n) is 3.43. The van der Waals surface area contributed by atoms with Crippen LogP contribution in [0.4, 0.5) is 9.52 Å². The molecular formula is C21H19FN4O2S. The zero-order valence-electron chi connectivity index (χ0n) is 15.8. The van der Waals surface area contributed by atoms with Crippen LogP contribution in [0, 0.1) is 12.7 Å². The number of rotatable bonds is 4. The van der Waals surface area contributed by atoms with Crippen LogP contribution in [0.25, 0.3) is 10.6 Å². The summed E-state index contributed by atoms with van der Waals surface area (Å²) in [6.45, 7) is 2.41. The van der Waals surface area contributed by atoms with E-state index in [0.717, 1.165) is 11.1 Å². The minimum absolute atomic E-state index is 0.0233. The Morgan fingerprint density at radius 1 is 1.17 bits per heavy atom. The van der Waals surface area contributed by atoms with Crippen molar-refractivity contribution < 1.29 is 14.0 Å². The first kappa shape index (κ1) is 19.2. The smallest absolute Gasteiger partial charge is 0.257 e. The first-order chi connectivity index (χ1) is 14.0. The minimum atomic E-state index is -0.659. The van der Waals surface area contributed by atoms with E-state index in [9.17, 15) is 14.0 Å². The summed E-state index contributed by atoms with van der Waals surface area (Å²) < 4.78 is 14.0. The van der Waals surface area contributed by atoms with E-state index in [4.69, 9.17) is 0 Å². The summed E-state index contributed by atoms with van der Waals surface area (Å²) in [6.07, 6.45) is 1.21. The van der Waals surface area contributed by atoms with Crippen LogP contribution < -0.4 is 5.32 Å². The third-order valence-electron chi connectivity index (χ3n) is 4.84. The molecule has 1 atom stereocenters. The Balaban J connectivity index is 1.48. The van der Waals surface area contributed by atoms with E-state index in [1.54, 1.807) is 6.07 Å². The Morgan fingerprint density at radius 3 is 2.79 bits per heavy atom. The third-order valence-corrected chi connectivity index (χ3v) is 5.73. The number of hydrogen-bond acceptors (Lipinski definition) is 5. The van der Waals surface area contributed by atoms with Crippen LogP contribution in [-0.2, 0) is 4.79 Å². The number of anilines is 1. The molecule has 8 heteroatoms. The Morgan fingerprint density at radius 2 is 2.00 bits per heavy atom. The molecule has 1 aromatic heterocycles. The second kappa shape index (κ2) is 8.08. The second-order valence-corrected chi connectivity index (χ2v) is 7.89. The van der Waals surface area contributed by atoms with Gasteiger partial charge in [0.2, 0.25) is 11.0 Å². The largest absolute Gasteiger partial charge is 0.327 e. The molecule has 3 aromatic rings. The van der Waals surface area contributed by atoms with E-state index >= 15 is 0 Å². The van der Waals surface area contributed by atoms with E-state index in [2.05, 4.69) is 15.5 Å². The maximum absolute atomic E-state index is 14.0. The van der Waals surface area contributed by atoms with Gasteiger partial charge in [-0.15, -0.1) is 10.2 Å². The number of halogens is 1. The topological polar surface area (TPSA) is 75.2 Å². The van der Waals surface area contributed by atoms with Gasteiger partial charge in [0.1, 0.15) is 16.9 Å². The highest BCUT2D eigenvalue weighted by Crippen LogP contribution is 2.28. The van der Waals surface area contributed by atoms with Crippen LogP contribution in [0.15, 0.2) is 48.5 Å². The van der Waals surface area contributed by atoms with E-state index < -0.39 is 17.8 Å². The molecular weight excluding hydrogens is 391 g/mol. The molecule has 1 fully saturated rings. The lowest BCUT2D eigenvalue weighted by molar-refractivity contribution is -0.119. The molecule has 148 valence electrons. The van der Waals surface area contributed by atoms with Crippen molar-refractivity contribution in [3.63, 3.8) is 0 Å². The molecule has 1 unspecified atom stereocenters. The molecule has 0 radical (unpaired) electrons. The molecule has 2 amide bonds. The van der Waals surface area contributed by atoms with Crippen molar-refractivity contribution in [3.05, 3.63) is 65.5 Å². The van der Waals surface area contributed by atoms with Gasteiger partial charge in [0.05, 0.1) is 5.56 Å². The number of aryl methyl sites for hydroxylation is 1. The van der Waals surface area contributed by atoms with Crippen molar-refractivity contribution >= 4 is 28.3 Å². The zero-order valence-corrected chi connectivity index (χ0v) is 16.6. The maximum atomic E-state index is 14.0. The first-order valence-electron chi connectivity index (χ1n) is 9.30. The molecule has 6 nitrogen and oxygen atoms in total. The molecule has 2 aromatic carbocycles. The van der Waals surface area contributed by atoms with E-state index in [0.29, 0.717) is 29.5 Å². The first-order valence-corrected chi connectivity index (χ1v) is 10.1. The summed E-state index contributed by atoms with van der Waals surface area (Å²) in [7, 11) is 0. The SMILES string of the molecule is Cc1cccc(-c2nnc(NC(=O)C3CCCN3C(=O)c3ccccc3F)s2)c1. The molecule has 1 saturated heterocycles. The molecule has 29 heavy (non-hydrogen) atoms. The molecule has 4 rings (SSSR count). The van der Waals surface area contributed by atoms with Gasteiger partial charge in [0.15, 0.2) is 0 Å². The number of hydrogen-bond donors (Lipinski definition) is 1. The van der Waals surface area contributed by atoms with Crippen LogP contribution in [0.2, 0.25) is 0 Å². The van der Waals surface area contributed by atoms with Gasteiger partial charge < -0.3 is 4.90 Å². The van der Waals surface area contributed by atoms with Crippen molar-refractivity contribution in [1.82, 2.24) is 15.1 Å². The van der Waals surface area contributed by atoms with Crippen molar-refractivity contribution in [3.8, 4) is 10.6 Å². The van der Waals surface area contributed by atoms with Crippen LogP contribution in [0.1, 0.15) is 28.8 Å². The van der Waals surface area contributed by atoms with Gasteiger partial charge in [0.25, 0.3) is 5.91 Å². The average Bonchev–Trinajstić information content (AvgIpc) is 3.37. The standard InChI is InChI=1S/C21H19FN4O2S/c1-13-6-4-7-14(12-13)19-24-25-21(29-19)23-18(27)17-10-5-11-26(17)20(28)15-8-2-3-9-16(15)22/h2-4,6-9,12,17H,5,10-11H2,1H3,(H,23,25,27).